The number of amides is 2. The third-order valence-corrected chi connectivity index (χ3v) is 5.92. The molecule has 2 amide bonds. The highest BCUT2D eigenvalue weighted by atomic mass is 16.2. The number of anilines is 1. The van der Waals surface area contributed by atoms with Crippen molar-refractivity contribution in [2.24, 2.45) is 4.99 Å². The Labute approximate surface area is 181 Å². The Kier molecular flexibility index (Phi) is 5.08. The van der Waals surface area contributed by atoms with Crippen molar-refractivity contribution in [1.82, 2.24) is 5.32 Å². The first-order valence-corrected chi connectivity index (χ1v) is 10.6. The van der Waals surface area contributed by atoms with Crippen LogP contribution in [0.15, 0.2) is 83.9 Å². The number of benzene rings is 3. The molecule has 1 atom stereocenters. The number of carbonyl (C=O) groups is 2. The van der Waals surface area contributed by atoms with Crippen LogP contribution in [0.1, 0.15) is 35.6 Å². The van der Waals surface area contributed by atoms with Crippen molar-refractivity contribution in [3.63, 3.8) is 0 Å². The molecule has 0 spiro atoms. The lowest BCUT2D eigenvalue weighted by molar-refractivity contribution is -0.123. The summed E-state index contributed by atoms with van der Waals surface area (Å²) in [6.45, 7) is -0.0217. The lowest BCUT2D eigenvalue weighted by atomic mass is 10.1. The largest absolute Gasteiger partial charge is 0.348 e. The van der Waals surface area contributed by atoms with Gasteiger partial charge >= 0.3 is 0 Å². The summed E-state index contributed by atoms with van der Waals surface area (Å²) < 4.78 is 0. The van der Waals surface area contributed by atoms with E-state index in [1.54, 1.807) is 4.90 Å². The number of aryl methyl sites for hydroxylation is 1. The van der Waals surface area contributed by atoms with Crippen LogP contribution < -0.4 is 10.2 Å². The number of para-hydroxylation sites is 2. The fourth-order valence-corrected chi connectivity index (χ4v) is 4.41. The van der Waals surface area contributed by atoms with Crippen LogP contribution in [0, 0.1) is 0 Å². The number of aliphatic imine (C=N–C) groups is 1. The summed E-state index contributed by atoms with van der Waals surface area (Å²) in [6, 6.07) is 25.4. The number of carbonyl (C=O) groups excluding carboxylic acids is 2. The lowest BCUT2D eigenvalue weighted by Gasteiger charge is -2.23. The van der Waals surface area contributed by atoms with Crippen molar-refractivity contribution in [3.05, 3.63) is 95.6 Å². The molecule has 0 radical (unpaired) electrons. The summed E-state index contributed by atoms with van der Waals surface area (Å²) >= 11 is 0. The van der Waals surface area contributed by atoms with Gasteiger partial charge in [0.05, 0.1) is 29.5 Å². The van der Waals surface area contributed by atoms with E-state index in [1.165, 1.54) is 11.1 Å². The molecule has 0 saturated heterocycles. The van der Waals surface area contributed by atoms with Crippen LogP contribution in [0.3, 0.4) is 0 Å². The van der Waals surface area contributed by atoms with Gasteiger partial charge < -0.3 is 10.2 Å². The smallest absolute Gasteiger partial charge is 0.240 e. The number of hydrogen-bond donors (Lipinski definition) is 1. The van der Waals surface area contributed by atoms with Crippen molar-refractivity contribution < 1.29 is 9.59 Å². The van der Waals surface area contributed by atoms with Crippen LogP contribution in [0.2, 0.25) is 0 Å². The highest BCUT2D eigenvalue weighted by Gasteiger charge is 2.29. The van der Waals surface area contributed by atoms with E-state index < -0.39 is 0 Å². The third-order valence-electron chi connectivity index (χ3n) is 5.92. The van der Waals surface area contributed by atoms with E-state index in [9.17, 15) is 9.59 Å². The van der Waals surface area contributed by atoms with Crippen molar-refractivity contribution in [3.8, 4) is 0 Å². The molecule has 0 aromatic heterocycles. The molecule has 154 valence electrons. The van der Waals surface area contributed by atoms with Crippen LogP contribution in [0.4, 0.5) is 11.4 Å². The van der Waals surface area contributed by atoms with Gasteiger partial charge in [0.25, 0.3) is 0 Å². The minimum Gasteiger partial charge on any atom is -0.348 e. The van der Waals surface area contributed by atoms with Gasteiger partial charge in [-0.1, -0.05) is 66.7 Å². The summed E-state index contributed by atoms with van der Waals surface area (Å²) in [5, 5.41) is 3.13. The average Bonchev–Trinajstić information content (AvgIpc) is 3.14. The predicted molar refractivity (Wildman–Crippen MR) is 122 cm³/mol. The molecule has 1 aliphatic heterocycles. The molecule has 2 aliphatic rings. The maximum absolute atomic E-state index is 13.2. The van der Waals surface area contributed by atoms with E-state index in [4.69, 9.17) is 4.99 Å². The Morgan fingerprint density at radius 1 is 0.968 bits per heavy atom. The van der Waals surface area contributed by atoms with Gasteiger partial charge in [0, 0.05) is 0 Å². The van der Waals surface area contributed by atoms with Crippen LogP contribution >= 0.6 is 0 Å². The van der Waals surface area contributed by atoms with Gasteiger partial charge in [-0.05, 0) is 41.7 Å². The van der Waals surface area contributed by atoms with E-state index in [2.05, 4.69) is 17.4 Å². The maximum atomic E-state index is 13.2. The SMILES string of the molecule is O=C(CN1C(=O)CC(c2ccccc2)=Nc2ccccc21)N[C@H]1CCc2ccccc21. The highest BCUT2D eigenvalue weighted by molar-refractivity contribution is 6.18. The molecule has 31 heavy (non-hydrogen) atoms. The molecule has 1 aliphatic carbocycles. The van der Waals surface area contributed by atoms with Crippen molar-refractivity contribution in [2.75, 3.05) is 11.4 Å². The van der Waals surface area contributed by atoms with Crippen LogP contribution in [-0.2, 0) is 16.0 Å². The van der Waals surface area contributed by atoms with Gasteiger partial charge in [0.1, 0.15) is 6.54 Å². The second-order valence-electron chi connectivity index (χ2n) is 7.93. The summed E-state index contributed by atoms with van der Waals surface area (Å²) in [5.41, 5.74) is 5.45. The molecule has 0 bridgehead atoms. The quantitative estimate of drug-likeness (QED) is 0.696. The van der Waals surface area contributed by atoms with Crippen LogP contribution in [0.5, 0.6) is 0 Å². The molecule has 1 heterocycles. The standard InChI is InChI=1S/C26H23N3O2/c30-25(28-21-15-14-18-8-4-5-11-20(18)21)17-29-24-13-7-6-12-22(24)27-23(16-26(29)31)19-9-2-1-3-10-19/h1-13,21H,14-17H2,(H,28,30)/t21-/m0/s1. The zero-order chi connectivity index (χ0) is 21.2. The fourth-order valence-electron chi connectivity index (χ4n) is 4.41. The normalized spacial score (nSPS) is 17.4. The minimum absolute atomic E-state index is 0.00264. The minimum atomic E-state index is -0.159. The molecule has 1 N–H and O–H groups in total. The monoisotopic (exact) mass is 409 g/mol. The first kappa shape index (κ1) is 19.2. The van der Waals surface area contributed by atoms with Gasteiger partial charge in [0.2, 0.25) is 11.8 Å². The van der Waals surface area contributed by atoms with Gasteiger partial charge in [0.15, 0.2) is 0 Å². The summed E-state index contributed by atoms with van der Waals surface area (Å²) in [7, 11) is 0. The van der Waals surface area contributed by atoms with E-state index in [-0.39, 0.29) is 30.8 Å². The highest BCUT2D eigenvalue weighted by Crippen LogP contribution is 2.33. The fraction of sp³-hybridized carbons (Fsp3) is 0.192. The topological polar surface area (TPSA) is 61.8 Å². The van der Waals surface area contributed by atoms with E-state index in [1.807, 2.05) is 66.7 Å². The Balaban J connectivity index is 1.38. The molecule has 5 rings (SSSR count). The summed E-state index contributed by atoms with van der Waals surface area (Å²) in [4.78, 5) is 32.5. The number of nitrogens with zero attached hydrogens (tertiary/aromatic N) is 2. The Hall–Kier alpha value is -3.73. The van der Waals surface area contributed by atoms with Gasteiger partial charge in [-0.2, -0.15) is 0 Å². The Bertz CT molecular complexity index is 1170. The van der Waals surface area contributed by atoms with Gasteiger partial charge in [-0.15, -0.1) is 0 Å². The zero-order valence-electron chi connectivity index (χ0n) is 17.1. The Morgan fingerprint density at radius 2 is 1.71 bits per heavy atom. The number of hydrogen-bond acceptors (Lipinski definition) is 3. The van der Waals surface area contributed by atoms with Crippen LogP contribution in [-0.4, -0.2) is 24.1 Å². The summed E-state index contributed by atoms with van der Waals surface area (Å²) in [6.07, 6.45) is 2.00. The molecular formula is C26H23N3O2. The molecular weight excluding hydrogens is 386 g/mol. The number of nitrogens with one attached hydrogen (secondary N) is 1. The molecule has 5 heteroatoms. The van der Waals surface area contributed by atoms with Crippen molar-refractivity contribution >= 4 is 28.9 Å². The lowest BCUT2D eigenvalue weighted by Crippen LogP contribution is -2.42. The van der Waals surface area contributed by atoms with E-state index in [0.717, 1.165) is 18.4 Å². The van der Waals surface area contributed by atoms with Crippen molar-refractivity contribution in [1.29, 1.82) is 0 Å². The second-order valence-corrected chi connectivity index (χ2v) is 7.93. The van der Waals surface area contributed by atoms with Crippen molar-refractivity contribution in [2.45, 2.75) is 25.3 Å². The average molecular weight is 409 g/mol. The zero-order valence-corrected chi connectivity index (χ0v) is 17.1. The van der Waals surface area contributed by atoms with Gasteiger partial charge in [-0.3, -0.25) is 14.6 Å². The predicted octanol–water partition coefficient (Wildman–Crippen LogP) is 4.35. The number of fused-ring (bicyclic) bond motifs is 2. The first-order chi connectivity index (χ1) is 15.2. The summed E-state index contributed by atoms with van der Waals surface area (Å²) in [5.74, 6) is -0.289. The first-order valence-electron chi connectivity index (χ1n) is 10.6. The van der Waals surface area contributed by atoms with Crippen LogP contribution in [0.25, 0.3) is 0 Å². The van der Waals surface area contributed by atoms with E-state index >= 15 is 0 Å². The molecule has 0 fully saturated rings. The Morgan fingerprint density at radius 3 is 2.58 bits per heavy atom. The maximum Gasteiger partial charge on any atom is 0.240 e. The third kappa shape index (κ3) is 3.87. The number of rotatable bonds is 4. The molecule has 0 saturated carbocycles. The molecule has 5 nitrogen and oxygen atoms in total. The molecule has 3 aromatic rings. The van der Waals surface area contributed by atoms with E-state index in [0.29, 0.717) is 17.1 Å². The molecule has 0 unspecified atom stereocenters. The second kappa shape index (κ2) is 8.19. The van der Waals surface area contributed by atoms with Gasteiger partial charge in [-0.25, -0.2) is 0 Å². The molecule has 3 aromatic carbocycles.